The molecule has 2 atom stereocenters. The molecule has 0 spiro atoms. The van der Waals surface area contributed by atoms with Gasteiger partial charge in [0.15, 0.2) is 0 Å². The van der Waals surface area contributed by atoms with Gasteiger partial charge in [-0.25, -0.2) is 0 Å². The molecule has 0 heterocycles. The maximum absolute atomic E-state index is 11.1. The molecule has 0 amide bonds. The zero-order valence-electron chi connectivity index (χ0n) is 10.6. The molecule has 1 N–H and O–H groups in total. The van der Waals surface area contributed by atoms with Gasteiger partial charge in [0.2, 0.25) is 0 Å². The summed E-state index contributed by atoms with van der Waals surface area (Å²) in [6, 6.07) is 0. The lowest BCUT2D eigenvalue weighted by Gasteiger charge is -2.26. The number of allylic oxidation sites excluding steroid dienone is 1. The van der Waals surface area contributed by atoms with Crippen LogP contribution in [-0.4, -0.2) is 21.7 Å². The highest BCUT2D eigenvalue weighted by Gasteiger charge is 2.26. The van der Waals surface area contributed by atoms with Crippen LogP contribution >= 0.6 is 31.9 Å². The third-order valence-electron chi connectivity index (χ3n) is 3.25. The standard InChI is InChI=1S/C13H22Br2O2/c1-9(2)12(10(3)13(16)17)8-11(4-6-14)5-7-15/h10-12H,1,4-8H2,2-3H3,(H,16,17)/t10-,12-/m0/s1. The smallest absolute Gasteiger partial charge is 0.306 e. The second kappa shape index (κ2) is 9.15. The Hall–Kier alpha value is 0.170. The van der Waals surface area contributed by atoms with E-state index in [1.54, 1.807) is 6.92 Å². The van der Waals surface area contributed by atoms with Crippen molar-refractivity contribution in [2.75, 3.05) is 10.7 Å². The van der Waals surface area contributed by atoms with E-state index in [-0.39, 0.29) is 11.8 Å². The first-order valence-electron chi connectivity index (χ1n) is 5.94. The number of hydrogen-bond donors (Lipinski definition) is 1. The predicted octanol–water partition coefficient (Wildman–Crippen LogP) is 4.48. The minimum absolute atomic E-state index is 0.0793. The molecule has 0 rings (SSSR count). The number of aliphatic carboxylic acids is 1. The molecule has 0 radical (unpaired) electrons. The van der Waals surface area contributed by atoms with Gasteiger partial charge in [0.1, 0.15) is 0 Å². The predicted molar refractivity (Wildman–Crippen MR) is 80.0 cm³/mol. The number of alkyl halides is 2. The van der Waals surface area contributed by atoms with Crippen molar-refractivity contribution in [3.05, 3.63) is 12.2 Å². The Morgan fingerprint density at radius 1 is 1.29 bits per heavy atom. The van der Waals surface area contributed by atoms with Crippen LogP contribution in [0.5, 0.6) is 0 Å². The maximum atomic E-state index is 11.1. The van der Waals surface area contributed by atoms with Gasteiger partial charge in [0.05, 0.1) is 5.92 Å². The molecule has 0 unspecified atom stereocenters. The minimum Gasteiger partial charge on any atom is -0.481 e. The molecule has 100 valence electrons. The van der Waals surface area contributed by atoms with E-state index >= 15 is 0 Å². The number of hydrogen-bond acceptors (Lipinski definition) is 1. The fourth-order valence-electron chi connectivity index (χ4n) is 2.05. The number of carboxylic acid groups (broad SMARTS) is 1. The number of halogens is 2. The monoisotopic (exact) mass is 368 g/mol. The van der Waals surface area contributed by atoms with Gasteiger partial charge in [-0.05, 0) is 38.0 Å². The molecule has 0 saturated carbocycles. The van der Waals surface area contributed by atoms with Gasteiger partial charge in [-0.2, -0.15) is 0 Å². The minimum atomic E-state index is -0.727. The third-order valence-corrected chi connectivity index (χ3v) is 4.16. The van der Waals surface area contributed by atoms with E-state index in [0.717, 1.165) is 35.5 Å². The van der Waals surface area contributed by atoms with Crippen LogP contribution in [0, 0.1) is 17.8 Å². The summed E-state index contributed by atoms with van der Waals surface area (Å²) >= 11 is 6.92. The Bertz CT molecular complexity index is 248. The van der Waals surface area contributed by atoms with Crippen molar-refractivity contribution in [1.29, 1.82) is 0 Å². The van der Waals surface area contributed by atoms with Crippen molar-refractivity contribution in [3.63, 3.8) is 0 Å². The lowest BCUT2D eigenvalue weighted by molar-refractivity contribution is -0.142. The molecule has 0 aliphatic carbocycles. The molecule has 4 heteroatoms. The summed E-state index contributed by atoms with van der Waals surface area (Å²) in [5, 5.41) is 11.0. The van der Waals surface area contributed by atoms with Crippen LogP contribution in [0.1, 0.15) is 33.1 Å². The lowest BCUT2D eigenvalue weighted by atomic mass is 9.80. The summed E-state index contributed by atoms with van der Waals surface area (Å²) in [4.78, 5) is 11.1. The summed E-state index contributed by atoms with van der Waals surface area (Å²) in [6.45, 7) is 7.66. The summed E-state index contributed by atoms with van der Waals surface area (Å²) < 4.78 is 0. The molecule has 0 aromatic heterocycles. The van der Waals surface area contributed by atoms with Crippen molar-refractivity contribution >= 4 is 37.8 Å². The van der Waals surface area contributed by atoms with Crippen LogP contribution < -0.4 is 0 Å². The van der Waals surface area contributed by atoms with Gasteiger partial charge in [-0.3, -0.25) is 4.79 Å². The van der Waals surface area contributed by atoms with Crippen molar-refractivity contribution in [2.24, 2.45) is 17.8 Å². The Labute approximate surface area is 121 Å². The van der Waals surface area contributed by atoms with Gasteiger partial charge in [-0.15, -0.1) is 0 Å². The number of carboxylic acids is 1. The average molecular weight is 370 g/mol. The Balaban J connectivity index is 4.59. The van der Waals surface area contributed by atoms with Crippen molar-refractivity contribution in [3.8, 4) is 0 Å². The van der Waals surface area contributed by atoms with Crippen LogP contribution in [0.4, 0.5) is 0 Å². The normalized spacial score (nSPS) is 14.6. The van der Waals surface area contributed by atoms with Gasteiger partial charge < -0.3 is 5.11 Å². The second-order valence-electron chi connectivity index (χ2n) is 4.64. The Morgan fingerprint density at radius 2 is 1.76 bits per heavy atom. The zero-order chi connectivity index (χ0) is 13.4. The van der Waals surface area contributed by atoms with Gasteiger partial charge in [-0.1, -0.05) is 50.9 Å². The number of rotatable bonds is 9. The van der Waals surface area contributed by atoms with Crippen LogP contribution in [0.3, 0.4) is 0 Å². The van der Waals surface area contributed by atoms with Crippen molar-refractivity contribution in [1.82, 2.24) is 0 Å². The molecule has 0 aromatic rings. The molecule has 0 aliphatic heterocycles. The highest BCUT2D eigenvalue weighted by molar-refractivity contribution is 9.09. The first kappa shape index (κ1) is 17.2. The SMILES string of the molecule is C=C(C)[C@H](CC(CCBr)CCBr)[C@H](C)C(=O)O. The molecule has 17 heavy (non-hydrogen) atoms. The largest absolute Gasteiger partial charge is 0.481 e. The first-order chi connectivity index (χ1) is 7.93. The maximum Gasteiger partial charge on any atom is 0.306 e. The third kappa shape index (κ3) is 6.61. The van der Waals surface area contributed by atoms with E-state index in [1.807, 2.05) is 6.92 Å². The second-order valence-corrected chi connectivity index (χ2v) is 6.22. The van der Waals surface area contributed by atoms with Crippen LogP contribution in [0.15, 0.2) is 12.2 Å². The topological polar surface area (TPSA) is 37.3 Å². The van der Waals surface area contributed by atoms with E-state index in [0.29, 0.717) is 5.92 Å². The van der Waals surface area contributed by atoms with E-state index in [2.05, 4.69) is 38.4 Å². The summed E-state index contributed by atoms with van der Waals surface area (Å²) in [5.74, 6) is -0.442. The summed E-state index contributed by atoms with van der Waals surface area (Å²) in [7, 11) is 0. The molecular formula is C13H22Br2O2. The lowest BCUT2D eigenvalue weighted by Crippen LogP contribution is -2.24. The van der Waals surface area contributed by atoms with Crippen LogP contribution in [-0.2, 0) is 4.79 Å². The van der Waals surface area contributed by atoms with E-state index in [1.165, 1.54) is 0 Å². The molecule has 0 aliphatic rings. The van der Waals surface area contributed by atoms with Crippen LogP contribution in [0.25, 0.3) is 0 Å². The van der Waals surface area contributed by atoms with E-state index in [4.69, 9.17) is 5.11 Å². The fourth-order valence-corrected chi connectivity index (χ4v) is 3.35. The highest BCUT2D eigenvalue weighted by Crippen LogP contribution is 2.30. The van der Waals surface area contributed by atoms with E-state index < -0.39 is 5.97 Å². The van der Waals surface area contributed by atoms with Gasteiger partial charge >= 0.3 is 5.97 Å². The Kier molecular flexibility index (Phi) is 9.24. The van der Waals surface area contributed by atoms with Crippen LogP contribution in [0.2, 0.25) is 0 Å². The average Bonchev–Trinajstić information content (AvgIpc) is 2.24. The summed E-state index contributed by atoms with van der Waals surface area (Å²) in [5.41, 5.74) is 0.981. The fraction of sp³-hybridized carbons (Fsp3) is 0.769. The molecule has 0 bridgehead atoms. The van der Waals surface area contributed by atoms with E-state index in [9.17, 15) is 4.79 Å². The number of carbonyl (C=O) groups is 1. The molecule has 0 aromatic carbocycles. The van der Waals surface area contributed by atoms with Gasteiger partial charge in [0.25, 0.3) is 0 Å². The molecule has 0 fully saturated rings. The zero-order valence-corrected chi connectivity index (χ0v) is 13.8. The molecule has 0 saturated heterocycles. The van der Waals surface area contributed by atoms with Crippen molar-refractivity contribution < 1.29 is 9.90 Å². The first-order valence-corrected chi connectivity index (χ1v) is 8.18. The highest BCUT2D eigenvalue weighted by atomic mass is 79.9. The molecule has 2 nitrogen and oxygen atoms in total. The Morgan fingerprint density at radius 3 is 2.06 bits per heavy atom. The quantitative estimate of drug-likeness (QED) is 0.480. The van der Waals surface area contributed by atoms with Crippen molar-refractivity contribution in [2.45, 2.75) is 33.1 Å². The molecular weight excluding hydrogens is 348 g/mol. The summed E-state index contributed by atoms with van der Waals surface area (Å²) in [6.07, 6.45) is 3.09. The van der Waals surface area contributed by atoms with Gasteiger partial charge in [0, 0.05) is 10.7 Å².